The van der Waals surface area contributed by atoms with Gasteiger partial charge in [-0.3, -0.25) is 0 Å². The zero-order valence-electron chi connectivity index (χ0n) is 16.1. The van der Waals surface area contributed by atoms with Gasteiger partial charge in [-0.05, 0) is 35.4 Å². The van der Waals surface area contributed by atoms with Crippen LogP contribution in [0.1, 0.15) is 11.1 Å². The lowest BCUT2D eigenvalue weighted by molar-refractivity contribution is 0.252. The van der Waals surface area contributed by atoms with Crippen LogP contribution in [0.3, 0.4) is 0 Å². The molecule has 3 saturated heterocycles. The van der Waals surface area contributed by atoms with Crippen LogP contribution in [0, 0.1) is 0 Å². The van der Waals surface area contributed by atoms with E-state index in [4.69, 9.17) is 28.4 Å². The molecule has 152 valence electrons. The Labute approximate surface area is 169 Å². The van der Waals surface area contributed by atoms with Gasteiger partial charge in [0.2, 0.25) is 0 Å². The van der Waals surface area contributed by atoms with Crippen LogP contribution in [0.25, 0.3) is 12.2 Å². The van der Waals surface area contributed by atoms with Crippen LogP contribution in [0.2, 0.25) is 0 Å². The van der Waals surface area contributed by atoms with Gasteiger partial charge in [0, 0.05) is 6.07 Å². The largest absolute Gasteiger partial charge is 0.491 e. The summed E-state index contributed by atoms with van der Waals surface area (Å²) >= 11 is 0. The average Bonchev–Trinajstić information content (AvgIpc) is 3.60. The minimum absolute atomic E-state index is 0.214. The maximum absolute atomic E-state index is 5.86. The lowest BCUT2D eigenvalue weighted by Crippen LogP contribution is -2.06. The molecule has 0 amide bonds. The maximum Gasteiger partial charge on any atom is 0.123 e. The third-order valence-electron chi connectivity index (χ3n) is 4.77. The maximum atomic E-state index is 5.86. The first kappa shape index (κ1) is 18.5. The fraction of sp³-hybridized carbons (Fsp3) is 0.391. The Balaban J connectivity index is 1.24. The van der Waals surface area contributed by atoms with Gasteiger partial charge in [0.15, 0.2) is 0 Å². The van der Waals surface area contributed by atoms with Crippen LogP contribution in [0.4, 0.5) is 0 Å². The van der Waals surface area contributed by atoms with Gasteiger partial charge in [0.25, 0.3) is 0 Å². The summed E-state index contributed by atoms with van der Waals surface area (Å²) in [6.45, 7) is 4.08. The Morgan fingerprint density at radius 3 is 1.55 bits per heavy atom. The first-order valence-electron chi connectivity index (χ1n) is 9.97. The van der Waals surface area contributed by atoms with E-state index in [9.17, 15) is 0 Å². The molecule has 29 heavy (non-hydrogen) atoms. The Morgan fingerprint density at radius 1 is 0.621 bits per heavy atom. The molecule has 3 heterocycles. The van der Waals surface area contributed by atoms with Crippen molar-refractivity contribution in [3.8, 4) is 17.2 Å². The lowest BCUT2D eigenvalue weighted by Gasteiger charge is -2.10. The van der Waals surface area contributed by atoms with Crippen molar-refractivity contribution in [1.82, 2.24) is 0 Å². The fourth-order valence-electron chi connectivity index (χ4n) is 2.78. The number of epoxide rings is 3. The molecule has 3 aliphatic heterocycles. The molecule has 0 spiro atoms. The Morgan fingerprint density at radius 2 is 1.07 bits per heavy atom. The van der Waals surface area contributed by atoms with E-state index in [-0.39, 0.29) is 18.3 Å². The Hall–Kier alpha value is -2.54. The molecule has 0 aromatic heterocycles. The third kappa shape index (κ3) is 5.97. The van der Waals surface area contributed by atoms with Gasteiger partial charge in [0.05, 0.1) is 19.8 Å². The minimum atomic E-state index is 0.214. The highest BCUT2D eigenvalue weighted by molar-refractivity contribution is 5.71. The highest BCUT2D eigenvalue weighted by Crippen LogP contribution is 2.27. The summed E-state index contributed by atoms with van der Waals surface area (Å²) in [6, 6.07) is 13.9. The summed E-state index contributed by atoms with van der Waals surface area (Å²) in [5, 5.41) is 0. The van der Waals surface area contributed by atoms with Gasteiger partial charge < -0.3 is 28.4 Å². The van der Waals surface area contributed by atoms with Crippen molar-refractivity contribution < 1.29 is 28.4 Å². The summed E-state index contributed by atoms with van der Waals surface area (Å²) in [5.74, 6) is 2.41. The summed E-state index contributed by atoms with van der Waals surface area (Å²) in [5.41, 5.74) is 2.10. The zero-order valence-corrected chi connectivity index (χ0v) is 16.1. The highest BCUT2D eigenvalue weighted by Gasteiger charge is 2.24. The van der Waals surface area contributed by atoms with Crippen LogP contribution in [0.5, 0.6) is 17.2 Å². The van der Waals surface area contributed by atoms with Crippen LogP contribution < -0.4 is 14.2 Å². The first-order valence-corrected chi connectivity index (χ1v) is 9.97. The van der Waals surface area contributed by atoms with Crippen molar-refractivity contribution >= 4 is 12.2 Å². The lowest BCUT2D eigenvalue weighted by atomic mass is 10.1. The molecule has 0 radical (unpaired) electrons. The van der Waals surface area contributed by atoms with E-state index < -0.39 is 0 Å². The van der Waals surface area contributed by atoms with E-state index in [0.717, 1.165) is 48.2 Å². The second-order valence-corrected chi connectivity index (χ2v) is 7.44. The van der Waals surface area contributed by atoms with Crippen LogP contribution in [-0.2, 0) is 14.2 Å². The van der Waals surface area contributed by atoms with E-state index in [1.165, 1.54) is 0 Å². The second kappa shape index (κ2) is 8.45. The quantitative estimate of drug-likeness (QED) is 0.429. The molecule has 2 aromatic carbocycles. The molecule has 6 heteroatoms. The van der Waals surface area contributed by atoms with Gasteiger partial charge in [-0.15, -0.1) is 0 Å². The second-order valence-electron chi connectivity index (χ2n) is 7.44. The number of ether oxygens (including phenoxy) is 6. The number of rotatable bonds is 11. The molecule has 3 atom stereocenters. The molecule has 0 N–H and O–H groups in total. The Bertz CT molecular complexity index is 816. The molecule has 5 rings (SSSR count). The predicted octanol–water partition coefficient (Wildman–Crippen LogP) is 3.19. The standard InChI is InChI=1S/C23H24O6/c1(16-3-5-18(6-4-16)24-10-21-13-27-21)2-17-7-19(25-11-22-14-28-22)9-20(8-17)26-12-23-15-29-23/h1-9,21-23H,10-15H2/b2-1+. The van der Waals surface area contributed by atoms with Crippen molar-refractivity contribution in [3.63, 3.8) is 0 Å². The van der Waals surface area contributed by atoms with Crippen molar-refractivity contribution in [2.75, 3.05) is 39.6 Å². The molecule has 0 aliphatic carbocycles. The monoisotopic (exact) mass is 396 g/mol. The molecule has 0 saturated carbocycles. The van der Waals surface area contributed by atoms with E-state index >= 15 is 0 Å². The first-order chi connectivity index (χ1) is 14.3. The van der Waals surface area contributed by atoms with E-state index in [1.807, 2.05) is 42.5 Å². The highest BCUT2D eigenvalue weighted by atomic mass is 16.6. The van der Waals surface area contributed by atoms with Crippen LogP contribution in [-0.4, -0.2) is 58.0 Å². The third-order valence-corrected chi connectivity index (χ3v) is 4.77. The normalized spacial score (nSPS) is 24.3. The summed E-state index contributed by atoms with van der Waals surface area (Å²) in [7, 11) is 0. The summed E-state index contributed by atoms with van der Waals surface area (Å²) in [4.78, 5) is 0. The van der Waals surface area contributed by atoms with Crippen LogP contribution in [0.15, 0.2) is 42.5 Å². The SMILES string of the molecule is C(=C\c1cc(OCC2CO2)cc(OCC2CO2)c1)/c1ccc(OCC2CO2)cc1. The van der Waals surface area contributed by atoms with Crippen molar-refractivity contribution in [3.05, 3.63) is 53.6 Å². The topological polar surface area (TPSA) is 65.3 Å². The van der Waals surface area contributed by atoms with E-state index in [0.29, 0.717) is 19.8 Å². The van der Waals surface area contributed by atoms with Gasteiger partial charge in [-0.2, -0.15) is 0 Å². The van der Waals surface area contributed by atoms with Gasteiger partial charge in [0.1, 0.15) is 55.4 Å². The van der Waals surface area contributed by atoms with E-state index in [1.54, 1.807) is 0 Å². The van der Waals surface area contributed by atoms with Gasteiger partial charge in [-0.1, -0.05) is 24.3 Å². The predicted molar refractivity (Wildman–Crippen MR) is 108 cm³/mol. The van der Waals surface area contributed by atoms with Crippen molar-refractivity contribution in [1.29, 1.82) is 0 Å². The molecular formula is C23H24O6. The molecule has 3 fully saturated rings. The zero-order chi connectivity index (χ0) is 19.5. The summed E-state index contributed by atoms with van der Waals surface area (Å²) in [6.07, 6.45) is 4.80. The molecule has 0 bridgehead atoms. The van der Waals surface area contributed by atoms with Crippen molar-refractivity contribution in [2.45, 2.75) is 18.3 Å². The molecule has 6 nitrogen and oxygen atoms in total. The average molecular weight is 396 g/mol. The summed E-state index contributed by atoms with van der Waals surface area (Å²) < 4.78 is 33.0. The number of hydrogen-bond donors (Lipinski definition) is 0. The van der Waals surface area contributed by atoms with Gasteiger partial charge in [-0.25, -0.2) is 0 Å². The minimum Gasteiger partial charge on any atom is -0.491 e. The molecule has 3 aliphatic rings. The number of hydrogen-bond acceptors (Lipinski definition) is 6. The molecule has 3 unspecified atom stereocenters. The molecular weight excluding hydrogens is 372 g/mol. The smallest absolute Gasteiger partial charge is 0.123 e. The Kier molecular flexibility index (Phi) is 5.39. The van der Waals surface area contributed by atoms with Crippen LogP contribution >= 0.6 is 0 Å². The van der Waals surface area contributed by atoms with E-state index in [2.05, 4.69) is 12.2 Å². The number of benzene rings is 2. The fourth-order valence-corrected chi connectivity index (χ4v) is 2.78. The van der Waals surface area contributed by atoms with Crippen molar-refractivity contribution in [2.24, 2.45) is 0 Å². The molecule has 2 aromatic rings. The van der Waals surface area contributed by atoms with Gasteiger partial charge >= 0.3 is 0 Å².